The van der Waals surface area contributed by atoms with E-state index in [4.69, 9.17) is 4.74 Å². The second-order valence-corrected chi connectivity index (χ2v) is 17.8. The largest absolute Gasteiger partial charge is 0.478 e. The number of rotatable bonds is 9. The number of sulfonamides is 1. The molecule has 3 fully saturated rings. The molecule has 2 aliphatic heterocycles. The van der Waals surface area contributed by atoms with Crippen LogP contribution in [0.15, 0.2) is 60.7 Å². The highest BCUT2D eigenvalue weighted by atomic mass is 32.2. The van der Waals surface area contributed by atoms with Gasteiger partial charge in [0, 0.05) is 24.1 Å². The number of nitrogens with one attached hydrogen (secondary N) is 3. The number of amides is 3. The van der Waals surface area contributed by atoms with Gasteiger partial charge in [0.15, 0.2) is 0 Å². The predicted octanol–water partition coefficient (Wildman–Crippen LogP) is 4.54. The first kappa shape index (κ1) is 37.4. The molecular formula is C39H48N6O8S. The highest BCUT2D eigenvalue weighted by molar-refractivity contribution is 7.91. The van der Waals surface area contributed by atoms with Crippen LogP contribution in [0.25, 0.3) is 11.0 Å². The Morgan fingerprint density at radius 2 is 1.81 bits per heavy atom. The SMILES string of the molecule is CC(C)n1c(OC2CC3C(=O)NC4(C(=O)NS(=O)(=O)C5(C)CC5)CC4C=CCCCCCC(Nc4ccccc4)C(=O)N3C2)nc2c(C(=O)O)cccc21. The maximum atomic E-state index is 14.6. The Bertz CT molecular complexity index is 2100. The van der Waals surface area contributed by atoms with Gasteiger partial charge in [0.05, 0.1) is 22.4 Å². The summed E-state index contributed by atoms with van der Waals surface area (Å²) in [5.74, 6) is -3.23. The van der Waals surface area contributed by atoms with E-state index < -0.39 is 62.2 Å². The molecule has 1 saturated heterocycles. The Balaban J connectivity index is 1.22. The number of carboxylic acid groups (broad SMARTS) is 1. The third kappa shape index (κ3) is 7.17. The van der Waals surface area contributed by atoms with Crippen molar-refractivity contribution in [1.82, 2.24) is 24.5 Å². The number of ether oxygens (including phenoxy) is 1. The molecule has 7 rings (SSSR count). The van der Waals surface area contributed by atoms with E-state index in [0.717, 1.165) is 31.4 Å². The number of fused-ring (bicyclic) bond motifs is 3. The zero-order chi connectivity index (χ0) is 38.4. The number of benzene rings is 2. The summed E-state index contributed by atoms with van der Waals surface area (Å²) < 4.78 is 35.9. The fraction of sp³-hybridized carbons (Fsp3) is 0.513. The number of para-hydroxylation sites is 2. The Morgan fingerprint density at radius 1 is 1.06 bits per heavy atom. The lowest BCUT2D eigenvalue weighted by Gasteiger charge is -2.30. The zero-order valence-corrected chi connectivity index (χ0v) is 31.6. The van der Waals surface area contributed by atoms with Crippen molar-refractivity contribution in [3.05, 3.63) is 66.2 Å². The average Bonchev–Trinajstić information content (AvgIpc) is 3.95. The van der Waals surface area contributed by atoms with Crippen molar-refractivity contribution in [3.63, 3.8) is 0 Å². The van der Waals surface area contributed by atoms with Crippen LogP contribution in [0, 0.1) is 5.92 Å². The first-order valence-electron chi connectivity index (χ1n) is 18.8. The summed E-state index contributed by atoms with van der Waals surface area (Å²) in [5, 5.41) is 16.2. The predicted molar refractivity (Wildman–Crippen MR) is 201 cm³/mol. The number of imidazole rings is 1. The standard InChI is InChI=1S/C39H48N6O8S/c1-24(2)45-30-18-12-16-28(35(48)49)32(30)41-37(45)53-27-21-31-33(46)42-39(36(50)43-54(51,52)38(3)19-20-38)22-25(39)13-8-5-4-6-11-17-29(34(47)44(31)23-27)40-26-14-9-7-10-15-26/h7-10,12-16,18,24-25,27,29,31,40H,4-6,11,17,19-23H2,1-3H3,(H,42,46)(H,43,50)(H,48,49). The zero-order valence-electron chi connectivity index (χ0n) is 30.8. The monoisotopic (exact) mass is 760 g/mol. The third-order valence-electron chi connectivity index (χ3n) is 11.3. The molecule has 5 unspecified atom stereocenters. The average molecular weight is 761 g/mol. The number of aromatic carboxylic acids is 1. The van der Waals surface area contributed by atoms with Crippen LogP contribution in [0.1, 0.15) is 95.0 Å². The number of allylic oxidation sites excluding steroid dienone is 1. The van der Waals surface area contributed by atoms with E-state index in [1.807, 2.05) is 56.3 Å². The van der Waals surface area contributed by atoms with E-state index in [2.05, 4.69) is 20.3 Å². The number of nitrogens with zero attached hydrogens (tertiary/aromatic N) is 3. The third-order valence-corrected chi connectivity index (χ3v) is 13.5. The summed E-state index contributed by atoms with van der Waals surface area (Å²) >= 11 is 0. The van der Waals surface area contributed by atoms with Gasteiger partial charge in [0.2, 0.25) is 21.8 Å². The Labute approximate surface area is 314 Å². The van der Waals surface area contributed by atoms with Gasteiger partial charge in [0.25, 0.3) is 11.9 Å². The second-order valence-electron chi connectivity index (χ2n) is 15.6. The van der Waals surface area contributed by atoms with E-state index in [-0.39, 0.29) is 48.4 Å². The summed E-state index contributed by atoms with van der Waals surface area (Å²) in [7, 11) is -3.98. The summed E-state index contributed by atoms with van der Waals surface area (Å²) in [4.78, 5) is 61.1. The topological polar surface area (TPSA) is 189 Å². The van der Waals surface area contributed by atoms with Gasteiger partial charge in [0.1, 0.15) is 29.2 Å². The lowest BCUT2D eigenvalue weighted by molar-refractivity contribution is -0.140. The summed E-state index contributed by atoms with van der Waals surface area (Å²) in [5.41, 5.74) is 0.115. The molecule has 2 aliphatic carbocycles. The fourth-order valence-corrected chi connectivity index (χ4v) is 8.99. The molecule has 0 radical (unpaired) electrons. The van der Waals surface area contributed by atoms with Crippen molar-refractivity contribution in [3.8, 4) is 6.01 Å². The number of carbonyl (C=O) groups excluding carboxylic acids is 3. The van der Waals surface area contributed by atoms with Gasteiger partial charge in [-0.25, -0.2) is 13.2 Å². The molecule has 3 amide bonds. The normalized spacial score (nSPS) is 26.9. The van der Waals surface area contributed by atoms with Gasteiger partial charge >= 0.3 is 5.97 Å². The van der Waals surface area contributed by atoms with Crippen molar-refractivity contribution in [2.75, 3.05) is 11.9 Å². The molecule has 0 spiro atoms. The molecule has 1 aromatic heterocycles. The van der Waals surface area contributed by atoms with E-state index >= 15 is 0 Å². The van der Waals surface area contributed by atoms with Crippen molar-refractivity contribution in [2.45, 2.75) is 113 Å². The van der Waals surface area contributed by atoms with E-state index in [9.17, 15) is 32.7 Å². The van der Waals surface area contributed by atoms with Gasteiger partial charge in [-0.05, 0) is 83.6 Å². The molecule has 54 heavy (non-hydrogen) atoms. The fourth-order valence-electron chi connectivity index (χ4n) is 7.68. The second kappa shape index (κ2) is 14.4. The minimum atomic E-state index is -3.98. The molecule has 4 aliphatic rings. The van der Waals surface area contributed by atoms with Crippen LogP contribution in [0.5, 0.6) is 6.01 Å². The number of carbonyl (C=O) groups is 4. The highest BCUT2D eigenvalue weighted by Crippen LogP contribution is 2.47. The number of aromatic nitrogens is 2. The molecule has 14 nitrogen and oxygen atoms in total. The number of hydrogen-bond donors (Lipinski definition) is 4. The first-order valence-corrected chi connectivity index (χ1v) is 20.3. The maximum absolute atomic E-state index is 14.6. The molecule has 2 aromatic carbocycles. The Hall–Kier alpha value is -4.92. The molecule has 15 heteroatoms. The molecule has 0 bridgehead atoms. The molecule has 3 heterocycles. The van der Waals surface area contributed by atoms with Gasteiger partial charge in [-0.2, -0.15) is 4.98 Å². The first-order chi connectivity index (χ1) is 25.7. The Morgan fingerprint density at radius 3 is 2.52 bits per heavy atom. The number of hydrogen-bond acceptors (Lipinski definition) is 9. The minimum absolute atomic E-state index is 0.0201. The number of anilines is 1. The van der Waals surface area contributed by atoms with Gasteiger partial charge in [-0.1, -0.05) is 49.3 Å². The molecule has 288 valence electrons. The molecule has 5 atom stereocenters. The molecule has 3 aromatic rings. The van der Waals surface area contributed by atoms with Crippen LogP contribution in [0.2, 0.25) is 0 Å². The van der Waals surface area contributed by atoms with Crippen molar-refractivity contribution in [2.24, 2.45) is 5.92 Å². The van der Waals surface area contributed by atoms with E-state index in [1.54, 1.807) is 23.6 Å². The van der Waals surface area contributed by atoms with Crippen molar-refractivity contribution >= 4 is 50.4 Å². The van der Waals surface area contributed by atoms with Crippen molar-refractivity contribution < 1.29 is 37.4 Å². The molecule has 2 saturated carbocycles. The van der Waals surface area contributed by atoms with Crippen LogP contribution in [-0.4, -0.2) is 86.7 Å². The van der Waals surface area contributed by atoms with Crippen LogP contribution in [0.3, 0.4) is 0 Å². The van der Waals surface area contributed by atoms with Crippen molar-refractivity contribution in [1.29, 1.82) is 0 Å². The van der Waals surface area contributed by atoms with Crippen LogP contribution in [-0.2, 0) is 24.4 Å². The highest BCUT2D eigenvalue weighted by Gasteiger charge is 2.63. The van der Waals surface area contributed by atoms with Gasteiger partial charge < -0.3 is 25.4 Å². The summed E-state index contributed by atoms with van der Waals surface area (Å²) in [6.07, 6.45) is 8.03. The maximum Gasteiger partial charge on any atom is 0.337 e. The van der Waals surface area contributed by atoms with Gasteiger partial charge in [-0.3, -0.25) is 23.7 Å². The van der Waals surface area contributed by atoms with Crippen LogP contribution < -0.4 is 20.1 Å². The lowest BCUT2D eigenvalue weighted by Crippen LogP contribution is -2.58. The van der Waals surface area contributed by atoms with E-state index in [1.165, 1.54) is 11.0 Å². The quantitative estimate of drug-likeness (QED) is 0.226. The Kier molecular flexibility index (Phi) is 9.96. The minimum Gasteiger partial charge on any atom is -0.478 e. The van der Waals surface area contributed by atoms with Crippen LogP contribution >= 0.6 is 0 Å². The summed E-state index contributed by atoms with van der Waals surface area (Å²) in [6.45, 7) is 5.46. The molecule has 4 N–H and O–H groups in total. The number of carboxylic acids is 1. The summed E-state index contributed by atoms with van der Waals surface area (Å²) in [6, 6.07) is 12.5. The lowest BCUT2D eigenvalue weighted by atomic mass is 10.0. The smallest absolute Gasteiger partial charge is 0.337 e. The van der Waals surface area contributed by atoms with E-state index in [0.29, 0.717) is 24.8 Å². The van der Waals surface area contributed by atoms with Gasteiger partial charge in [-0.15, -0.1) is 0 Å². The van der Waals surface area contributed by atoms with Crippen LogP contribution in [0.4, 0.5) is 5.69 Å². The molecular weight excluding hydrogens is 713 g/mol.